The Bertz CT molecular complexity index is 1410. The first-order valence-electron chi connectivity index (χ1n) is 10.5. The van der Waals surface area contributed by atoms with Crippen molar-refractivity contribution >= 4 is 40.1 Å². The summed E-state index contributed by atoms with van der Waals surface area (Å²) in [5.41, 5.74) is 2.48. The summed E-state index contributed by atoms with van der Waals surface area (Å²) in [6.45, 7) is 1.63. The van der Waals surface area contributed by atoms with Crippen LogP contribution in [0.1, 0.15) is 38.0 Å². The summed E-state index contributed by atoms with van der Waals surface area (Å²) in [7, 11) is 1.27. The van der Waals surface area contributed by atoms with Gasteiger partial charge in [-0.15, -0.1) is 0 Å². The quantitative estimate of drug-likeness (QED) is 0.392. The summed E-state index contributed by atoms with van der Waals surface area (Å²) in [6.07, 6.45) is 1.49. The van der Waals surface area contributed by atoms with E-state index in [-0.39, 0.29) is 18.0 Å². The Labute approximate surface area is 195 Å². The molecule has 0 spiro atoms. The molecule has 0 saturated carbocycles. The van der Waals surface area contributed by atoms with Gasteiger partial charge in [0.15, 0.2) is 0 Å². The summed E-state index contributed by atoms with van der Waals surface area (Å²) in [5.74, 6) is -1.63. The van der Waals surface area contributed by atoms with Gasteiger partial charge in [-0.3, -0.25) is 14.2 Å². The van der Waals surface area contributed by atoms with Crippen LogP contribution in [0.5, 0.6) is 0 Å². The molecule has 4 aromatic rings. The molecule has 8 heteroatoms. The van der Waals surface area contributed by atoms with E-state index in [1.807, 2.05) is 0 Å². The first-order valence-corrected chi connectivity index (χ1v) is 10.5. The van der Waals surface area contributed by atoms with Crippen molar-refractivity contribution in [2.75, 3.05) is 17.7 Å². The van der Waals surface area contributed by atoms with E-state index in [4.69, 9.17) is 4.74 Å². The van der Waals surface area contributed by atoms with Crippen LogP contribution in [-0.4, -0.2) is 29.5 Å². The highest BCUT2D eigenvalue weighted by Crippen LogP contribution is 2.24. The Hall–Kier alpha value is -4.46. The number of halogens is 1. The van der Waals surface area contributed by atoms with E-state index in [2.05, 4.69) is 10.6 Å². The lowest BCUT2D eigenvalue weighted by atomic mass is 10.1. The number of hydrogen-bond acceptors (Lipinski definition) is 5. The summed E-state index contributed by atoms with van der Waals surface area (Å²) in [5, 5.41) is 6.41. The highest BCUT2D eigenvalue weighted by molar-refractivity contribution is 6.14. The van der Waals surface area contributed by atoms with Crippen molar-refractivity contribution in [1.29, 1.82) is 0 Å². The van der Waals surface area contributed by atoms with Gasteiger partial charge in [-0.1, -0.05) is 30.3 Å². The van der Waals surface area contributed by atoms with E-state index < -0.39 is 17.7 Å². The van der Waals surface area contributed by atoms with Gasteiger partial charge in [0.25, 0.3) is 5.91 Å². The average molecular weight is 459 g/mol. The van der Waals surface area contributed by atoms with Crippen LogP contribution in [0, 0.1) is 5.82 Å². The Morgan fingerprint density at radius 3 is 2.47 bits per heavy atom. The smallest absolute Gasteiger partial charge is 0.337 e. The fourth-order valence-corrected chi connectivity index (χ4v) is 3.72. The van der Waals surface area contributed by atoms with Crippen molar-refractivity contribution in [3.05, 3.63) is 95.4 Å². The zero-order valence-corrected chi connectivity index (χ0v) is 18.6. The molecule has 0 radical (unpaired) electrons. The molecular weight excluding hydrogens is 437 g/mol. The highest BCUT2D eigenvalue weighted by atomic mass is 19.1. The van der Waals surface area contributed by atoms with Gasteiger partial charge in [0.2, 0.25) is 5.91 Å². The number of aromatic nitrogens is 1. The van der Waals surface area contributed by atoms with Gasteiger partial charge < -0.3 is 15.4 Å². The largest absolute Gasteiger partial charge is 0.465 e. The molecule has 4 rings (SSSR count). The molecule has 0 bridgehead atoms. The number of amides is 1. The molecule has 0 saturated heterocycles. The topological polar surface area (TPSA) is 89.4 Å². The Kier molecular flexibility index (Phi) is 6.40. The minimum atomic E-state index is -0.573. The zero-order valence-electron chi connectivity index (χ0n) is 18.6. The lowest BCUT2D eigenvalue weighted by Crippen LogP contribution is -2.14. The second-order valence-corrected chi connectivity index (χ2v) is 7.65. The minimum absolute atomic E-state index is 0.207. The Balaban J connectivity index is 1.65. The fraction of sp³-hybridized carbons (Fsp3) is 0.115. The predicted octanol–water partition coefficient (Wildman–Crippen LogP) is 5.09. The summed E-state index contributed by atoms with van der Waals surface area (Å²) in [6, 6.07) is 18.1. The molecule has 7 nitrogen and oxygen atoms in total. The molecule has 0 unspecified atom stereocenters. The number of carbonyl (C=O) groups is 3. The van der Waals surface area contributed by atoms with Crippen molar-refractivity contribution < 1.29 is 23.5 Å². The second-order valence-electron chi connectivity index (χ2n) is 7.65. The fourth-order valence-electron chi connectivity index (χ4n) is 3.72. The van der Waals surface area contributed by atoms with Crippen LogP contribution in [0.4, 0.5) is 15.8 Å². The van der Waals surface area contributed by atoms with Crippen LogP contribution < -0.4 is 10.6 Å². The maximum atomic E-state index is 14.0. The number of rotatable bonds is 6. The number of esters is 1. The number of hydrogen-bond donors (Lipinski definition) is 2. The second kappa shape index (κ2) is 9.58. The van der Waals surface area contributed by atoms with Crippen LogP contribution in [-0.2, 0) is 11.3 Å². The van der Waals surface area contributed by atoms with Gasteiger partial charge in [0, 0.05) is 30.7 Å². The zero-order chi connectivity index (χ0) is 24.2. The molecule has 1 aromatic heterocycles. The van der Waals surface area contributed by atoms with Gasteiger partial charge in [-0.25, -0.2) is 9.18 Å². The van der Waals surface area contributed by atoms with E-state index in [9.17, 15) is 18.8 Å². The van der Waals surface area contributed by atoms with Gasteiger partial charge in [0.05, 0.1) is 29.4 Å². The first-order chi connectivity index (χ1) is 16.4. The molecule has 1 amide bonds. The van der Waals surface area contributed by atoms with Crippen LogP contribution >= 0.6 is 0 Å². The van der Waals surface area contributed by atoms with E-state index >= 15 is 0 Å². The van der Waals surface area contributed by atoms with Crippen LogP contribution in [0.25, 0.3) is 10.9 Å². The molecule has 3 aromatic carbocycles. The normalized spacial score (nSPS) is 10.7. The number of fused-ring (bicyclic) bond motifs is 1. The van der Waals surface area contributed by atoms with Gasteiger partial charge in [-0.05, 0) is 42.0 Å². The van der Waals surface area contributed by atoms with Crippen LogP contribution in [0.15, 0.2) is 72.9 Å². The van der Waals surface area contributed by atoms with Crippen LogP contribution in [0.3, 0.4) is 0 Å². The molecule has 2 N–H and O–H groups in total. The predicted molar refractivity (Wildman–Crippen MR) is 128 cm³/mol. The van der Waals surface area contributed by atoms with E-state index in [1.165, 1.54) is 36.9 Å². The third-order valence-electron chi connectivity index (χ3n) is 5.32. The number of benzene rings is 3. The third-order valence-corrected chi connectivity index (χ3v) is 5.32. The van der Waals surface area contributed by atoms with Gasteiger partial charge >= 0.3 is 5.97 Å². The number of ether oxygens (including phenoxy) is 1. The molecule has 172 valence electrons. The highest BCUT2D eigenvalue weighted by Gasteiger charge is 2.18. The third kappa shape index (κ3) is 4.66. The molecule has 1 heterocycles. The van der Waals surface area contributed by atoms with Crippen LogP contribution in [0.2, 0.25) is 0 Å². The molecular formula is C26H22FN3O4. The van der Waals surface area contributed by atoms with E-state index in [1.54, 1.807) is 54.6 Å². The summed E-state index contributed by atoms with van der Waals surface area (Å²) >= 11 is 0. The van der Waals surface area contributed by atoms with Crippen molar-refractivity contribution in [3.8, 4) is 0 Å². The van der Waals surface area contributed by atoms with E-state index in [0.717, 1.165) is 0 Å². The maximum Gasteiger partial charge on any atom is 0.337 e. The summed E-state index contributed by atoms with van der Waals surface area (Å²) in [4.78, 5) is 37.3. The standard InChI is InChI=1S/C26H22FN3O4/c1-16(31)30-15-21(20-7-3-6-10-24(20)30)25(32)29-19-12-17(11-18(13-19)26(33)34-2)14-28-23-9-5-4-8-22(23)27/h3-13,15,28H,14H2,1-2H3,(H,29,32). The number of methoxy groups -OCH3 is 1. The Morgan fingerprint density at radius 1 is 1.00 bits per heavy atom. The number of para-hydroxylation sites is 2. The molecule has 0 atom stereocenters. The van der Waals surface area contributed by atoms with Crippen molar-refractivity contribution in [2.45, 2.75) is 13.5 Å². The molecule has 0 fully saturated rings. The van der Waals surface area contributed by atoms with E-state index in [0.29, 0.717) is 33.4 Å². The van der Waals surface area contributed by atoms with Gasteiger partial charge in [-0.2, -0.15) is 0 Å². The number of nitrogens with one attached hydrogen (secondary N) is 2. The SMILES string of the molecule is COC(=O)c1cc(CNc2ccccc2F)cc(NC(=O)c2cn(C(C)=O)c3ccccc23)c1. The molecule has 0 aliphatic carbocycles. The summed E-state index contributed by atoms with van der Waals surface area (Å²) < 4.78 is 20.2. The lowest BCUT2D eigenvalue weighted by Gasteiger charge is -2.12. The Morgan fingerprint density at radius 2 is 1.74 bits per heavy atom. The molecule has 34 heavy (non-hydrogen) atoms. The number of anilines is 2. The van der Waals surface area contributed by atoms with Gasteiger partial charge in [0.1, 0.15) is 5.82 Å². The number of carbonyl (C=O) groups excluding carboxylic acids is 3. The monoisotopic (exact) mass is 459 g/mol. The minimum Gasteiger partial charge on any atom is -0.465 e. The molecule has 0 aliphatic heterocycles. The molecule has 0 aliphatic rings. The maximum absolute atomic E-state index is 14.0. The van der Waals surface area contributed by atoms with Crippen molar-refractivity contribution in [2.24, 2.45) is 0 Å². The van der Waals surface area contributed by atoms with Crippen molar-refractivity contribution in [3.63, 3.8) is 0 Å². The average Bonchev–Trinajstić information content (AvgIpc) is 3.23. The lowest BCUT2D eigenvalue weighted by molar-refractivity contribution is 0.0600. The number of nitrogens with zero attached hydrogens (tertiary/aromatic N) is 1. The van der Waals surface area contributed by atoms with Crippen molar-refractivity contribution in [1.82, 2.24) is 4.57 Å². The first kappa shape index (κ1) is 22.7.